The zero-order valence-corrected chi connectivity index (χ0v) is 16.1. The molecular weight excluding hydrogens is 380 g/mol. The first-order valence-corrected chi connectivity index (χ1v) is 9.74. The smallest absolute Gasteiger partial charge is 0.407 e. The number of rotatable bonds is 6. The van der Waals surface area contributed by atoms with Crippen LogP contribution in [-0.4, -0.2) is 88.9 Å². The standard InChI is InChI=1S/C18H26N6O5/c19-17-13-2-1-12(24(13)22-11-21-17)15-9-14(25)16(29-15)10-28-18(26)20-3-4-23-5-7-27-8-6-23/h1-2,11,14-16,25H,3-10H2,(H,20,26)(H2,19,21,22)/t14-,15+,16+/m0/s1. The van der Waals surface area contributed by atoms with Crippen LogP contribution in [0.4, 0.5) is 10.6 Å². The Morgan fingerprint density at radius 1 is 1.38 bits per heavy atom. The van der Waals surface area contributed by atoms with Crippen molar-refractivity contribution < 1.29 is 24.1 Å². The summed E-state index contributed by atoms with van der Waals surface area (Å²) in [4.78, 5) is 18.1. The molecule has 0 unspecified atom stereocenters. The third-order valence-corrected chi connectivity index (χ3v) is 5.24. The molecule has 4 heterocycles. The van der Waals surface area contributed by atoms with Crippen LogP contribution in [0.25, 0.3) is 5.52 Å². The first-order chi connectivity index (χ1) is 14.1. The van der Waals surface area contributed by atoms with Crippen LogP contribution in [-0.2, 0) is 14.2 Å². The lowest BCUT2D eigenvalue weighted by Gasteiger charge is -2.26. The van der Waals surface area contributed by atoms with E-state index in [2.05, 4.69) is 20.3 Å². The Morgan fingerprint density at radius 3 is 3.03 bits per heavy atom. The Hall–Kier alpha value is -2.47. The third kappa shape index (κ3) is 4.58. The molecule has 4 N–H and O–H groups in total. The number of hydrogen-bond acceptors (Lipinski definition) is 9. The number of carbonyl (C=O) groups is 1. The Morgan fingerprint density at radius 2 is 2.21 bits per heavy atom. The molecule has 2 saturated heterocycles. The van der Waals surface area contributed by atoms with Crippen LogP contribution in [0.5, 0.6) is 0 Å². The van der Waals surface area contributed by atoms with E-state index in [9.17, 15) is 9.90 Å². The lowest BCUT2D eigenvalue weighted by molar-refractivity contribution is -0.0286. The minimum atomic E-state index is -0.745. The summed E-state index contributed by atoms with van der Waals surface area (Å²) in [5, 5.41) is 17.2. The molecule has 0 aliphatic carbocycles. The molecule has 11 nitrogen and oxygen atoms in total. The molecule has 2 aromatic heterocycles. The summed E-state index contributed by atoms with van der Waals surface area (Å²) in [5.74, 6) is 0.374. The maximum Gasteiger partial charge on any atom is 0.407 e. The van der Waals surface area contributed by atoms with Crippen molar-refractivity contribution in [2.24, 2.45) is 0 Å². The summed E-state index contributed by atoms with van der Waals surface area (Å²) >= 11 is 0. The second-order valence-corrected chi connectivity index (χ2v) is 7.15. The van der Waals surface area contributed by atoms with E-state index in [1.807, 2.05) is 12.1 Å². The Bertz CT molecular complexity index is 839. The molecule has 2 aromatic rings. The molecule has 0 aromatic carbocycles. The van der Waals surface area contributed by atoms with Gasteiger partial charge in [-0.15, -0.1) is 0 Å². The van der Waals surface area contributed by atoms with Crippen LogP contribution in [0, 0.1) is 0 Å². The number of aromatic nitrogens is 3. The Labute approximate surface area is 167 Å². The van der Waals surface area contributed by atoms with Crippen molar-refractivity contribution in [1.82, 2.24) is 24.8 Å². The fourth-order valence-corrected chi connectivity index (χ4v) is 3.64. The summed E-state index contributed by atoms with van der Waals surface area (Å²) in [5.41, 5.74) is 7.31. The first kappa shape index (κ1) is 19.8. The number of nitrogens with two attached hydrogens (primary N) is 1. The zero-order chi connectivity index (χ0) is 20.2. The van der Waals surface area contributed by atoms with Crippen molar-refractivity contribution >= 4 is 17.4 Å². The third-order valence-electron chi connectivity index (χ3n) is 5.24. The van der Waals surface area contributed by atoms with E-state index in [0.717, 1.165) is 38.5 Å². The molecule has 11 heteroatoms. The average molecular weight is 406 g/mol. The van der Waals surface area contributed by atoms with E-state index in [-0.39, 0.29) is 12.7 Å². The van der Waals surface area contributed by atoms with Crippen molar-refractivity contribution in [3.05, 3.63) is 24.2 Å². The summed E-state index contributed by atoms with van der Waals surface area (Å²) in [6.45, 7) is 4.39. The number of alkyl carbamates (subject to hydrolysis) is 1. The first-order valence-electron chi connectivity index (χ1n) is 9.74. The Kier molecular flexibility index (Phi) is 6.09. The summed E-state index contributed by atoms with van der Waals surface area (Å²) < 4.78 is 18.1. The molecular formula is C18H26N6O5. The molecule has 1 amide bonds. The molecule has 0 bridgehead atoms. The predicted molar refractivity (Wildman–Crippen MR) is 102 cm³/mol. The summed E-state index contributed by atoms with van der Waals surface area (Å²) in [7, 11) is 0. The topological polar surface area (TPSA) is 136 Å². The van der Waals surface area contributed by atoms with Crippen LogP contribution in [0.1, 0.15) is 18.2 Å². The van der Waals surface area contributed by atoms with Gasteiger partial charge in [0.25, 0.3) is 0 Å². The van der Waals surface area contributed by atoms with E-state index >= 15 is 0 Å². The number of aliphatic hydroxyl groups is 1. The van der Waals surface area contributed by atoms with Gasteiger partial charge in [-0.05, 0) is 12.1 Å². The molecule has 0 spiro atoms. The van der Waals surface area contributed by atoms with Gasteiger partial charge in [-0.2, -0.15) is 5.10 Å². The van der Waals surface area contributed by atoms with Gasteiger partial charge in [-0.3, -0.25) is 4.90 Å². The van der Waals surface area contributed by atoms with Crippen LogP contribution in [0.2, 0.25) is 0 Å². The maximum absolute atomic E-state index is 11.9. The second kappa shape index (κ2) is 8.91. The van der Waals surface area contributed by atoms with E-state index < -0.39 is 18.3 Å². The van der Waals surface area contributed by atoms with Gasteiger partial charge >= 0.3 is 6.09 Å². The highest BCUT2D eigenvalue weighted by Gasteiger charge is 2.37. The van der Waals surface area contributed by atoms with Crippen molar-refractivity contribution in [2.45, 2.75) is 24.7 Å². The largest absolute Gasteiger partial charge is 0.447 e. The highest BCUT2D eigenvalue weighted by Crippen LogP contribution is 2.34. The van der Waals surface area contributed by atoms with Gasteiger partial charge in [-0.1, -0.05) is 0 Å². The van der Waals surface area contributed by atoms with Gasteiger partial charge in [0.05, 0.1) is 25.0 Å². The number of nitrogens with one attached hydrogen (secondary N) is 1. The molecule has 3 atom stereocenters. The van der Waals surface area contributed by atoms with Gasteiger partial charge in [0.15, 0.2) is 5.82 Å². The lowest BCUT2D eigenvalue weighted by Crippen LogP contribution is -2.41. The molecule has 2 aliphatic rings. The van der Waals surface area contributed by atoms with Crippen molar-refractivity contribution in [3.63, 3.8) is 0 Å². The number of nitrogens with zero attached hydrogens (tertiary/aromatic N) is 4. The van der Waals surface area contributed by atoms with Crippen LogP contribution >= 0.6 is 0 Å². The molecule has 158 valence electrons. The molecule has 0 saturated carbocycles. The maximum atomic E-state index is 11.9. The second-order valence-electron chi connectivity index (χ2n) is 7.15. The van der Waals surface area contributed by atoms with E-state index in [1.54, 1.807) is 4.52 Å². The number of morpholine rings is 1. The molecule has 2 fully saturated rings. The number of hydrogen-bond donors (Lipinski definition) is 3. The number of fused-ring (bicyclic) bond motifs is 1. The molecule has 29 heavy (non-hydrogen) atoms. The molecule has 4 rings (SSSR count). The number of amides is 1. The predicted octanol–water partition coefficient (Wildman–Crippen LogP) is -0.439. The van der Waals surface area contributed by atoms with E-state index in [4.69, 9.17) is 19.9 Å². The van der Waals surface area contributed by atoms with Gasteiger partial charge in [0.1, 0.15) is 30.7 Å². The number of anilines is 1. The number of carbonyl (C=O) groups excluding carboxylic acids is 1. The van der Waals surface area contributed by atoms with Gasteiger partial charge in [-0.25, -0.2) is 14.3 Å². The van der Waals surface area contributed by atoms with Crippen molar-refractivity contribution in [2.75, 3.05) is 51.7 Å². The van der Waals surface area contributed by atoms with Crippen molar-refractivity contribution in [3.8, 4) is 0 Å². The fourth-order valence-electron chi connectivity index (χ4n) is 3.64. The van der Waals surface area contributed by atoms with Crippen LogP contribution in [0.15, 0.2) is 18.5 Å². The van der Waals surface area contributed by atoms with E-state index in [1.165, 1.54) is 6.33 Å². The summed E-state index contributed by atoms with van der Waals surface area (Å²) in [6, 6.07) is 3.66. The quantitative estimate of drug-likeness (QED) is 0.583. The van der Waals surface area contributed by atoms with Gasteiger partial charge in [0, 0.05) is 32.6 Å². The van der Waals surface area contributed by atoms with E-state index in [0.29, 0.717) is 24.3 Å². The Balaban J connectivity index is 1.24. The monoisotopic (exact) mass is 406 g/mol. The number of nitrogen functional groups attached to an aromatic ring is 1. The summed E-state index contributed by atoms with van der Waals surface area (Å²) in [6.07, 6.45) is -0.492. The van der Waals surface area contributed by atoms with Crippen molar-refractivity contribution in [1.29, 1.82) is 0 Å². The zero-order valence-electron chi connectivity index (χ0n) is 16.1. The molecule has 0 radical (unpaired) electrons. The van der Waals surface area contributed by atoms with Gasteiger partial charge in [0.2, 0.25) is 0 Å². The highest BCUT2D eigenvalue weighted by molar-refractivity contribution is 5.67. The molecule has 2 aliphatic heterocycles. The lowest BCUT2D eigenvalue weighted by atomic mass is 10.1. The minimum absolute atomic E-state index is 0.0263. The number of aliphatic hydroxyl groups excluding tert-OH is 1. The van der Waals surface area contributed by atoms with Crippen LogP contribution < -0.4 is 11.1 Å². The van der Waals surface area contributed by atoms with Crippen LogP contribution in [0.3, 0.4) is 0 Å². The normalized spacial score (nSPS) is 25.3. The highest BCUT2D eigenvalue weighted by atomic mass is 16.6. The SMILES string of the molecule is Nc1ncnn2c([C@H]3C[C@H](O)[C@@H](COC(=O)NCCN4CCOCC4)O3)ccc12. The minimum Gasteiger partial charge on any atom is -0.447 e. The average Bonchev–Trinajstić information content (AvgIpc) is 3.31. The fraction of sp³-hybridized carbons (Fsp3) is 0.611. The number of ether oxygens (including phenoxy) is 3. The van der Waals surface area contributed by atoms with Gasteiger partial charge < -0.3 is 30.4 Å².